The van der Waals surface area contributed by atoms with Crippen LogP contribution in [0.1, 0.15) is 0 Å². The van der Waals surface area contributed by atoms with Gasteiger partial charge in [-0.1, -0.05) is 48.5 Å². The zero-order valence-corrected chi connectivity index (χ0v) is 16.4. The SMILES string of the molecule is Oc1ccccc1.Oc1ccccc1.[Ti].c1ccncc1.c1ccncc1. The monoisotopic (exact) mass is 394 g/mol. The Morgan fingerprint density at radius 2 is 0.667 bits per heavy atom. The number of hydrogen-bond acceptors (Lipinski definition) is 4. The van der Waals surface area contributed by atoms with Crippen LogP contribution in [-0.4, -0.2) is 20.2 Å². The minimum Gasteiger partial charge on any atom is -0.508 e. The molecule has 4 nitrogen and oxygen atoms in total. The standard InChI is InChI=1S/2C6H6O.2C5H5N.Ti/c2*7-6-4-2-1-3-5-6;2*1-2-4-6-5-3-1;/h2*1-5,7H;2*1-5H;. The summed E-state index contributed by atoms with van der Waals surface area (Å²) in [6.45, 7) is 0. The molecule has 0 radical (unpaired) electrons. The molecule has 0 bridgehead atoms. The van der Waals surface area contributed by atoms with Crippen LogP contribution in [0.5, 0.6) is 11.5 Å². The van der Waals surface area contributed by atoms with E-state index in [1.165, 1.54) is 0 Å². The fourth-order valence-corrected chi connectivity index (χ4v) is 1.48. The van der Waals surface area contributed by atoms with Gasteiger partial charge in [0.15, 0.2) is 0 Å². The van der Waals surface area contributed by atoms with Gasteiger partial charge in [0.05, 0.1) is 0 Å². The van der Waals surface area contributed by atoms with E-state index in [-0.39, 0.29) is 21.7 Å². The van der Waals surface area contributed by atoms with E-state index in [2.05, 4.69) is 9.97 Å². The maximum absolute atomic E-state index is 8.63. The Labute approximate surface area is 175 Å². The normalized spacial score (nSPS) is 8.00. The number of nitrogens with zero attached hydrogens (tertiary/aromatic N) is 2. The van der Waals surface area contributed by atoms with Crippen molar-refractivity contribution in [1.29, 1.82) is 0 Å². The maximum atomic E-state index is 8.63. The first-order valence-electron chi connectivity index (χ1n) is 7.97. The van der Waals surface area contributed by atoms with E-state index in [0.717, 1.165) is 0 Å². The van der Waals surface area contributed by atoms with Crippen molar-refractivity contribution >= 4 is 0 Å². The molecule has 2 N–H and O–H groups in total. The van der Waals surface area contributed by atoms with Crippen molar-refractivity contribution in [1.82, 2.24) is 9.97 Å². The zero-order chi connectivity index (χ0) is 18.7. The number of phenolic OH excluding ortho intramolecular Hbond substituents is 2. The Kier molecular flexibility index (Phi) is 15.9. The number of hydrogen-bond donors (Lipinski definition) is 2. The number of aromatic nitrogens is 2. The van der Waals surface area contributed by atoms with Crippen LogP contribution in [0.25, 0.3) is 0 Å². The Bertz CT molecular complexity index is 636. The Balaban J connectivity index is 0.000000331. The van der Waals surface area contributed by atoms with Crippen molar-refractivity contribution in [3.63, 3.8) is 0 Å². The summed E-state index contributed by atoms with van der Waals surface area (Å²) in [5.41, 5.74) is 0. The molecule has 27 heavy (non-hydrogen) atoms. The summed E-state index contributed by atoms with van der Waals surface area (Å²) in [6, 6.07) is 28.9. The van der Waals surface area contributed by atoms with Gasteiger partial charge in [0.25, 0.3) is 0 Å². The van der Waals surface area contributed by atoms with Crippen LogP contribution in [0, 0.1) is 0 Å². The molecule has 0 saturated carbocycles. The van der Waals surface area contributed by atoms with Gasteiger partial charge in [-0.15, -0.1) is 0 Å². The molecule has 0 aliphatic rings. The van der Waals surface area contributed by atoms with E-state index < -0.39 is 0 Å². The summed E-state index contributed by atoms with van der Waals surface area (Å²) in [5.74, 6) is 0.644. The van der Waals surface area contributed by atoms with Gasteiger partial charge in [0.2, 0.25) is 0 Å². The van der Waals surface area contributed by atoms with E-state index in [4.69, 9.17) is 10.2 Å². The predicted octanol–water partition coefficient (Wildman–Crippen LogP) is 4.95. The van der Waals surface area contributed by atoms with Crippen LogP contribution in [0.3, 0.4) is 0 Å². The minimum absolute atomic E-state index is 0. The summed E-state index contributed by atoms with van der Waals surface area (Å²) in [7, 11) is 0. The van der Waals surface area contributed by atoms with Crippen LogP contribution in [0.15, 0.2) is 122 Å². The van der Waals surface area contributed by atoms with Gasteiger partial charge < -0.3 is 10.2 Å². The van der Waals surface area contributed by atoms with Crippen molar-refractivity contribution in [2.45, 2.75) is 0 Å². The molecule has 5 heteroatoms. The van der Waals surface area contributed by atoms with Gasteiger partial charge in [-0.3, -0.25) is 9.97 Å². The quantitative estimate of drug-likeness (QED) is 0.415. The molecule has 4 aromatic rings. The third-order valence-electron chi connectivity index (χ3n) is 2.65. The first kappa shape index (κ1) is 24.1. The fourth-order valence-electron chi connectivity index (χ4n) is 1.48. The van der Waals surface area contributed by atoms with Gasteiger partial charge >= 0.3 is 0 Å². The molecule has 0 spiro atoms. The Morgan fingerprint density at radius 3 is 0.778 bits per heavy atom. The topological polar surface area (TPSA) is 66.2 Å². The summed E-state index contributed by atoms with van der Waals surface area (Å²) in [5, 5.41) is 17.3. The summed E-state index contributed by atoms with van der Waals surface area (Å²) in [6.07, 6.45) is 7.00. The smallest absolute Gasteiger partial charge is 0.115 e. The Morgan fingerprint density at radius 1 is 0.407 bits per heavy atom. The molecule has 0 amide bonds. The molecule has 2 aromatic carbocycles. The summed E-state index contributed by atoms with van der Waals surface area (Å²) in [4.78, 5) is 7.57. The maximum Gasteiger partial charge on any atom is 0.115 e. The Hall–Kier alpha value is -2.95. The number of rotatable bonds is 0. The first-order valence-corrected chi connectivity index (χ1v) is 7.97. The van der Waals surface area contributed by atoms with Crippen molar-refractivity contribution in [2.75, 3.05) is 0 Å². The van der Waals surface area contributed by atoms with Crippen molar-refractivity contribution in [3.05, 3.63) is 122 Å². The molecule has 0 aliphatic heterocycles. The average Bonchev–Trinajstić information content (AvgIpc) is 2.73. The van der Waals surface area contributed by atoms with E-state index >= 15 is 0 Å². The number of pyridine rings is 2. The third-order valence-corrected chi connectivity index (χ3v) is 2.65. The molecular weight excluding hydrogens is 372 g/mol. The van der Waals surface area contributed by atoms with Crippen molar-refractivity contribution in [3.8, 4) is 11.5 Å². The van der Waals surface area contributed by atoms with Crippen LogP contribution < -0.4 is 0 Å². The van der Waals surface area contributed by atoms with Gasteiger partial charge in [-0.2, -0.15) is 0 Å². The molecule has 136 valence electrons. The molecule has 0 fully saturated rings. The van der Waals surface area contributed by atoms with Gasteiger partial charge in [0, 0.05) is 46.5 Å². The first-order chi connectivity index (χ1) is 12.8. The largest absolute Gasteiger partial charge is 0.508 e. The number of para-hydroxylation sites is 2. The third kappa shape index (κ3) is 16.3. The molecule has 2 aromatic heterocycles. The average molecular weight is 394 g/mol. The van der Waals surface area contributed by atoms with Gasteiger partial charge in [-0.05, 0) is 48.5 Å². The van der Waals surface area contributed by atoms with E-state index in [1.807, 2.05) is 48.5 Å². The summed E-state index contributed by atoms with van der Waals surface area (Å²) < 4.78 is 0. The molecule has 0 aliphatic carbocycles. The number of benzene rings is 2. The second-order valence-electron chi connectivity index (χ2n) is 4.72. The van der Waals surface area contributed by atoms with Crippen LogP contribution in [0.4, 0.5) is 0 Å². The van der Waals surface area contributed by atoms with Crippen LogP contribution in [-0.2, 0) is 21.7 Å². The van der Waals surface area contributed by atoms with Gasteiger partial charge in [-0.25, -0.2) is 0 Å². The molecule has 4 rings (SSSR count). The molecule has 0 saturated heterocycles. The summed E-state index contributed by atoms with van der Waals surface area (Å²) >= 11 is 0. The zero-order valence-electron chi connectivity index (χ0n) is 14.8. The van der Waals surface area contributed by atoms with Crippen molar-refractivity contribution in [2.24, 2.45) is 0 Å². The van der Waals surface area contributed by atoms with E-state index in [0.29, 0.717) is 11.5 Å². The number of aromatic hydroxyl groups is 2. The molecule has 0 unspecified atom stereocenters. The van der Waals surface area contributed by atoms with Crippen LogP contribution >= 0.6 is 0 Å². The molecule has 0 atom stereocenters. The fraction of sp³-hybridized carbons (Fsp3) is 0. The number of phenols is 2. The van der Waals surface area contributed by atoms with Crippen LogP contribution in [0.2, 0.25) is 0 Å². The van der Waals surface area contributed by atoms with E-state index in [1.54, 1.807) is 73.3 Å². The second kappa shape index (κ2) is 17.9. The predicted molar refractivity (Wildman–Crippen MR) is 105 cm³/mol. The second-order valence-corrected chi connectivity index (χ2v) is 4.72. The van der Waals surface area contributed by atoms with Crippen molar-refractivity contribution < 1.29 is 31.9 Å². The minimum atomic E-state index is 0. The van der Waals surface area contributed by atoms with E-state index in [9.17, 15) is 0 Å². The molecule has 2 heterocycles. The molecular formula is C22H22N2O2Ti. The van der Waals surface area contributed by atoms with Gasteiger partial charge in [0.1, 0.15) is 11.5 Å².